The lowest BCUT2D eigenvalue weighted by Crippen LogP contribution is -2.44. The summed E-state index contributed by atoms with van der Waals surface area (Å²) in [7, 11) is 2.27. The molecule has 102 valence electrons. The second-order valence-electron chi connectivity index (χ2n) is 5.80. The number of thiophene rings is 1. The van der Waals surface area contributed by atoms with E-state index in [1.807, 2.05) is 11.3 Å². The van der Waals surface area contributed by atoms with Crippen LogP contribution >= 0.6 is 11.3 Å². The Morgan fingerprint density at radius 1 is 1.44 bits per heavy atom. The Kier molecular flexibility index (Phi) is 5.22. The molecule has 1 aromatic heterocycles. The zero-order valence-electron chi connectivity index (χ0n) is 11.9. The van der Waals surface area contributed by atoms with Gasteiger partial charge in [-0.05, 0) is 43.7 Å². The SMILES string of the molecule is CC(C)C(CNC1CC1)N(C)CCc1cccs1. The summed E-state index contributed by atoms with van der Waals surface area (Å²) in [5.41, 5.74) is 0. The van der Waals surface area contributed by atoms with Gasteiger partial charge in [-0.3, -0.25) is 0 Å². The number of nitrogens with one attached hydrogen (secondary N) is 1. The van der Waals surface area contributed by atoms with Crippen molar-refractivity contribution in [1.29, 1.82) is 0 Å². The van der Waals surface area contributed by atoms with Crippen molar-refractivity contribution >= 4 is 11.3 Å². The van der Waals surface area contributed by atoms with E-state index in [9.17, 15) is 0 Å². The average molecular weight is 266 g/mol. The number of nitrogens with zero attached hydrogens (tertiary/aromatic N) is 1. The summed E-state index contributed by atoms with van der Waals surface area (Å²) in [5.74, 6) is 0.713. The molecule has 1 N–H and O–H groups in total. The van der Waals surface area contributed by atoms with Crippen LogP contribution in [0.4, 0.5) is 0 Å². The maximum atomic E-state index is 3.67. The Morgan fingerprint density at radius 2 is 2.22 bits per heavy atom. The summed E-state index contributed by atoms with van der Waals surface area (Å²) in [5, 5.41) is 5.84. The maximum Gasteiger partial charge on any atom is 0.0240 e. The van der Waals surface area contributed by atoms with Gasteiger partial charge in [-0.1, -0.05) is 19.9 Å². The molecule has 1 unspecified atom stereocenters. The van der Waals surface area contributed by atoms with Gasteiger partial charge < -0.3 is 10.2 Å². The van der Waals surface area contributed by atoms with Crippen LogP contribution in [0.1, 0.15) is 31.6 Å². The number of hydrogen-bond acceptors (Lipinski definition) is 3. The average Bonchev–Trinajstić information content (AvgIpc) is 3.01. The molecule has 1 aliphatic carbocycles. The third-order valence-electron chi connectivity index (χ3n) is 3.82. The van der Waals surface area contributed by atoms with Crippen molar-refractivity contribution in [1.82, 2.24) is 10.2 Å². The molecule has 0 bridgehead atoms. The van der Waals surface area contributed by atoms with Gasteiger partial charge in [0.2, 0.25) is 0 Å². The highest BCUT2D eigenvalue weighted by Crippen LogP contribution is 2.20. The monoisotopic (exact) mass is 266 g/mol. The van der Waals surface area contributed by atoms with Gasteiger partial charge in [0.1, 0.15) is 0 Å². The van der Waals surface area contributed by atoms with E-state index in [2.05, 4.69) is 48.6 Å². The molecule has 18 heavy (non-hydrogen) atoms. The Hall–Kier alpha value is -0.380. The van der Waals surface area contributed by atoms with Crippen molar-refractivity contribution in [2.45, 2.75) is 45.2 Å². The van der Waals surface area contributed by atoms with Crippen LogP contribution in [0.2, 0.25) is 0 Å². The highest BCUT2D eigenvalue weighted by molar-refractivity contribution is 7.09. The summed E-state index contributed by atoms with van der Waals surface area (Å²) >= 11 is 1.87. The van der Waals surface area contributed by atoms with Crippen LogP contribution in [0.25, 0.3) is 0 Å². The summed E-state index contributed by atoms with van der Waals surface area (Å²) in [6, 6.07) is 5.86. The van der Waals surface area contributed by atoms with Gasteiger partial charge in [0.25, 0.3) is 0 Å². The van der Waals surface area contributed by atoms with Crippen molar-refractivity contribution in [2.75, 3.05) is 20.1 Å². The zero-order chi connectivity index (χ0) is 13.0. The molecule has 0 radical (unpaired) electrons. The van der Waals surface area contributed by atoms with E-state index in [1.54, 1.807) is 0 Å². The standard InChI is InChI=1S/C15H26N2S/c1-12(2)15(11-16-13-6-7-13)17(3)9-8-14-5-4-10-18-14/h4-5,10,12-13,15-16H,6-9,11H2,1-3H3. The molecule has 0 amide bonds. The smallest absolute Gasteiger partial charge is 0.0240 e. The second-order valence-corrected chi connectivity index (χ2v) is 6.84. The van der Waals surface area contributed by atoms with E-state index in [-0.39, 0.29) is 0 Å². The molecule has 1 atom stereocenters. The van der Waals surface area contributed by atoms with Crippen molar-refractivity contribution < 1.29 is 0 Å². The minimum Gasteiger partial charge on any atom is -0.312 e. The van der Waals surface area contributed by atoms with Gasteiger partial charge in [0.15, 0.2) is 0 Å². The number of likely N-dealkylation sites (N-methyl/N-ethyl adjacent to an activating group) is 1. The summed E-state index contributed by atoms with van der Waals surface area (Å²) < 4.78 is 0. The van der Waals surface area contributed by atoms with Crippen molar-refractivity contribution in [3.05, 3.63) is 22.4 Å². The van der Waals surface area contributed by atoms with E-state index in [0.29, 0.717) is 12.0 Å². The molecule has 0 aromatic carbocycles. The predicted molar refractivity (Wildman–Crippen MR) is 80.3 cm³/mol. The lowest BCUT2D eigenvalue weighted by atomic mass is 10.0. The predicted octanol–water partition coefficient (Wildman–Crippen LogP) is 3.00. The van der Waals surface area contributed by atoms with Gasteiger partial charge in [0, 0.05) is 30.1 Å². The first-order valence-electron chi connectivity index (χ1n) is 7.13. The van der Waals surface area contributed by atoms with Crippen LogP contribution in [0, 0.1) is 5.92 Å². The van der Waals surface area contributed by atoms with Crippen molar-refractivity contribution in [2.24, 2.45) is 5.92 Å². The van der Waals surface area contributed by atoms with Gasteiger partial charge in [-0.25, -0.2) is 0 Å². The zero-order valence-corrected chi connectivity index (χ0v) is 12.7. The first-order chi connectivity index (χ1) is 8.66. The molecule has 0 aliphatic heterocycles. The second kappa shape index (κ2) is 6.69. The summed E-state index contributed by atoms with van der Waals surface area (Å²) in [6.45, 7) is 6.97. The topological polar surface area (TPSA) is 15.3 Å². The lowest BCUT2D eigenvalue weighted by molar-refractivity contribution is 0.189. The lowest BCUT2D eigenvalue weighted by Gasteiger charge is -2.31. The van der Waals surface area contributed by atoms with Crippen LogP contribution < -0.4 is 5.32 Å². The van der Waals surface area contributed by atoms with E-state index >= 15 is 0 Å². The molecule has 1 fully saturated rings. The Bertz CT molecular complexity index is 330. The van der Waals surface area contributed by atoms with Crippen molar-refractivity contribution in [3.8, 4) is 0 Å². The molecular weight excluding hydrogens is 240 g/mol. The van der Waals surface area contributed by atoms with Crippen molar-refractivity contribution in [3.63, 3.8) is 0 Å². The number of hydrogen-bond donors (Lipinski definition) is 1. The van der Waals surface area contributed by atoms with E-state index in [0.717, 1.165) is 19.1 Å². The minimum atomic E-state index is 0.658. The first kappa shape index (κ1) is 14.0. The highest BCUT2D eigenvalue weighted by atomic mass is 32.1. The van der Waals surface area contributed by atoms with Crippen LogP contribution in [-0.4, -0.2) is 37.1 Å². The minimum absolute atomic E-state index is 0.658. The van der Waals surface area contributed by atoms with Gasteiger partial charge >= 0.3 is 0 Å². The van der Waals surface area contributed by atoms with Crippen LogP contribution in [0.3, 0.4) is 0 Å². The molecule has 2 nitrogen and oxygen atoms in total. The van der Waals surface area contributed by atoms with Gasteiger partial charge in [-0.15, -0.1) is 11.3 Å². The molecule has 1 heterocycles. The van der Waals surface area contributed by atoms with Gasteiger partial charge in [0.05, 0.1) is 0 Å². The molecule has 0 spiro atoms. The third kappa shape index (κ3) is 4.38. The van der Waals surface area contributed by atoms with E-state index in [4.69, 9.17) is 0 Å². The molecule has 0 saturated heterocycles. The molecule has 1 aromatic rings. The summed E-state index contributed by atoms with van der Waals surface area (Å²) in [6.07, 6.45) is 3.94. The maximum absolute atomic E-state index is 3.67. The van der Waals surface area contributed by atoms with Crippen LogP contribution in [0.5, 0.6) is 0 Å². The third-order valence-corrected chi connectivity index (χ3v) is 4.76. The fraction of sp³-hybridized carbons (Fsp3) is 0.733. The van der Waals surface area contributed by atoms with E-state index < -0.39 is 0 Å². The molecular formula is C15H26N2S. The first-order valence-corrected chi connectivity index (χ1v) is 8.01. The van der Waals surface area contributed by atoms with Crippen LogP contribution in [0.15, 0.2) is 17.5 Å². The fourth-order valence-electron chi connectivity index (χ4n) is 2.38. The van der Waals surface area contributed by atoms with E-state index in [1.165, 1.54) is 24.1 Å². The normalized spacial score (nSPS) is 17.6. The number of rotatable bonds is 8. The Labute approximate surface area is 115 Å². The highest BCUT2D eigenvalue weighted by Gasteiger charge is 2.24. The molecule has 1 saturated carbocycles. The summed E-state index contributed by atoms with van der Waals surface area (Å²) in [4.78, 5) is 4.03. The Morgan fingerprint density at radius 3 is 2.78 bits per heavy atom. The molecule has 1 aliphatic rings. The molecule has 2 rings (SSSR count). The largest absolute Gasteiger partial charge is 0.312 e. The fourth-order valence-corrected chi connectivity index (χ4v) is 3.08. The molecule has 3 heteroatoms. The Balaban J connectivity index is 1.76. The quantitative estimate of drug-likeness (QED) is 0.778. The van der Waals surface area contributed by atoms with Gasteiger partial charge in [-0.2, -0.15) is 0 Å². The van der Waals surface area contributed by atoms with Crippen LogP contribution in [-0.2, 0) is 6.42 Å².